The molecule has 27 heavy (non-hydrogen) atoms. The van der Waals surface area contributed by atoms with Crippen molar-refractivity contribution in [3.05, 3.63) is 65.3 Å². The summed E-state index contributed by atoms with van der Waals surface area (Å²) in [6, 6.07) is 8.49. The maximum atomic E-state index is 13.5. The van der Waals surface area contributed by atoms with Crippen molar-refractivity contribution in [2.45, 2.75) is 25.2 Å². The summed E-state index contributed by atoms with van der Waals surface area (Å²) < 4.78 is 47.2. The van der Waals surface area contributed by atoms with Crippen molar-refractivity contribution in [3.63, 3.8) is 0 Å². The number of hydrogen-bond donors (Lipinski definition) is 1. The zero-order chi connectivity index (χ0) is 19.7. The van der Waals surface area contributed by atoms with Gasteiger partial charge in [-0.2, -0.15) is 18.3 Å². The lowest BCUT2D eigenvalue weighted by Crippen LogP contribution is -2.31. The molecule has 0 saturated heterocycles. The maximum absolute atomic E-state index is 13.5. The molecule has 2 aromatic heterocycles. The van der Waals surface area contributed by atoms with Crippen molar-refractivity contribution < 1.29 is 23.0 Å². The second kappa shape index (κ2) is 7.16. The molecule has 3 aromatic rings. The fourth-order valence-corrected chi connectivity index (χ4v) is 2.61. The number of aromatic nitrogens is 4. The molecule has 142 valence electrons. The average Bonchev–Trinajstić information content (AvgIpc) is 3.08. The molecule has 0 fully saturated rings. The highest BCUT2D eigenvalue weighted by Crippen LogP contribution is 2.38. The maximum Gasteiger partial charge on any atom is 0.433 e. The Bertz CT molecular complexity index is 913. The quantitative estimate of drug-likeness (QED) is 0.702. The second-order valence-electron chi connectivity index (χ2n) is 5.97. The zero-order valence-electron chi connectivity index (χ0n) is 14.0. The first-order chi connectivity index (χ1) is 12.6. The fourth-order valence-electron chi connectivity index (χ4n) is 2.49. The van der Waals surface area contributed by atoms with Crippen LogP contribution in [0.1, 0.15) is 18.2 Å². The zero-order valence-corrected chi connectivity index (χ0v) is 14.7. The first-order valence-corrected chi connectivity index (χ1v) is 8.10. The standard InChI is InChI=1S/C17H14ClF3N4O2/c1-16(26,8-25-10-22-9-23-25)13-6-7-14(24-15(13)17(19,20)21)27-12-4-2-11(18)3-5-12/h2-7,9-10,26H,8H2,1H3/t16-/m0/s1. The number of benzene rings is 1. The number of pyridine rings is 1. The molecule has 0 aliphatic carbocycles. The van der Waals surface area contributed by atoms with Gasteiger partial charge in [-0.25, -0.2) is 14.6 Å². The summed E-state index contributed by atoms with van der Waals surface area (Å²) >= 11 is 5.77. The Labute approximate surface area is 157 Å². The van der Waals surface area contributed by atoms with E-state index in [1.807, 2.05) is 0 Å². The molecular formula is C17H14ClF3N4O2. The van der Waals surface area contributed by atoms with Gasteiger partial charge in [-0.3, -0.25) is 0 Å². The SMILES string of the molecule is C[C@](O)(Cn1cncn1)c1ccc(Oc2ccc(Cl)cc2)nc1C(F)(F)F. The molecule has 0 bridgehead atoms. The average molecular weight is 399 g/mol. The van der Waals surface area contributed by atoms with Gasteiger partial charge in [0.2, 0.25) is 5.88 Å². The molecule has 10 heteroatoms. The van der Waals surface area contributed by atoms with Crippen LogP contribution in [0.3, 0.4) is 0 Å². The summed E-state index contributed by atoms with van der Waals surface area (Å²) in [5.74, 6) is 0.0205. The Kier molecular flexibility index (Phi) is 5.07. The molecule has 0 amide bonds. The summed E-state index contributed by atoms with van der Waals surface area (Å²) in [5.41, 5.74) is -3.52. The molecule has 1 aromatic carbocycles. The van der Waals surface area contributed by atoms with Gasteiger partial charge in [0.15, 0.2) is 5.69 Å². The van der Waals surface area contributed by atoms with E-state index in [2.05, 4.69) is 15.1 Å². The molecule has 2 heterocycles. The largest absolute Gasteiger partial charge is 0.439 e. The molecule has 1 N–H and O–H groups in total. The van der Waals surface area contributed by atoms with Crippen molar-refractivity contribution in [2.24, 2.45) is 0 Å². The Morgan fingerprint density at radius 1 is 1.15 bits per heavy atom. The van der Waals surface area contributed by atoms with Gasteiger partial charge in [-0.1, -0.05) is 11.6 Å². The molecule has 0 unspecified atom stereocenters. The van der Waals surface area contributed by atoms with Gasteiger partial charge < -0.3 is 9.84 Å². The topological polar surface area (TPSA) is 73.1 Å². The molecular weight excluding hydrogens is 385 g/mol. The number of hydrogen-bond acceptors (Lipinski definition) is 5. The van der Waals surface area contributed by atoms with Crippen LogP contribution < -0.4 is 4.74 Å². The lowest BCUT2D eigenvalue weighted by atomic mass is 9.94. The van der Waals surface area contributed by atoms with E-state index in [0.29, 0.717) is 5.02 Å². The number of ether oxygens (including phenoxy) is 1. The normalized spacial score (nSPS) is 14.0. The lowest BCUT2D eigenvalue weighted by molar-refractivity contribution is -0.144. The van der Waals surface area contributed by atoms with Crippen LogP contribution in [0.25, 0.3) is 0 Å². The smallest absolute Gasteiger partial charge is 0.433 e. The van der Waals surface area contributed by atoms with Crippen molar-refractivity contribution in [3.8, 4) is 11.6 Å². The first-order valence-electron chi connectivity index (χ1n) is 7.72. The van der Waals surface area contributed by atoms with E-state index in [1.165, 1.54) is 42.5 Å². The minimum Gasteiger partial charge on any atom is -0.439 e. The molecule has 0 aliphatic rings. The fraction of sp³-hybridized carbons (Fsp3) is 0.235. The predicted molar refractivity (Wildman–Crippen MR) is 90.4 cm³/mol. The molecule has 0 aliphatic heterocycles. The van der Waals surface area contributed by atoms with Crippen LogP contribution in [-0.4, -0.2) is 24.9 Å². The van der Waals surface area contributed by atoms with Gasteiger partial charge in [0.25, 0.3) is 0 Å². The van der Waals surface area contributed by atoms with Gasteiger partial charge >= 0.3 is 6.18 Å². The first kappa shape index (κ1) is 19.1. The van der Waals surface area contributed by atoms with Crippen LogP contribution >= 0.6 is 11.6 Å². The van der Waals surface area contributed by atoms with E-state index >= 15 is 0 Å². The molecule has 0 radical (unpaired) electrons. The van der Waals surface area contributed by atoms with E-state index in [-0.39, 0.29) is 18.2 Å². The van der Waals surface area contributed by atoms with E-state index in [1.54, 1.807) is 12.1 Å². The summed E-state index contributed by atoms with van der Waals surface area (Å²) in [6.45, 7) is 1.02. The Morgan fingerprint density at radius 3 is 2.44 bits per heavy atom. The number of rotatable bonds is 5. The van der Waals surface area contributed by atoms with E-state index in [0.717, 1.165) is 6.07 Å². The summed E-state index contributed by atoms with van der Waals surface area (Å²) in [6.07, 6.45) is -2.27. The highest BCUT2D eigenvalue weighted by Gasteiger charge is 2.41. The van der Waals surface area contributed by atoms with Gasteiger partial charge in [-0.05, 0) is 37.3 Å². The monoisotopic (exact) mass is 398 g/mol. The van der Waals surface area contributed by atoms with Crippen molar-refractivity contribution in [2.75, 3.05) is 0 Å². The van der Waals surface area contributed by atoms with Crippen molar-refractivity contribution in [1.82, 2.24) is 19.7 Å². The number of halogens is 4. The number of alkyl halides is 3. The highest BCUT2D eigenvalue weighted by atomic mass is 35.5. The van der Waals surface area contributed by atoms with Crippen LogP contribution in [0.4, 0.5) is 13.2 Å². The molecule has 0 saturated carbocycles. The van der Waals surface area contributed by atoms with Gasteiger partial charge in [-0.15, -0.1) is 0 Å². The third-order valence-electron chi connectivity index (χ3n) is 3.69. The van der Waals surface area contributed by atoms with Gasteiger partial charge in [0.05, 0.1) is 6.54 Å². The van der Waals surface area contributed by atoms with Crippen LogP contribution in [0.2, 0.25) is 5.02 Å². The van der Waals surface area contributed by atoms with E-state index < -0.39 is 23.0 Å². The third kappa shape index (κ3) is 4.55. The van der Waals surface area contributed by atoms with Crippen LogP contribution in [0.5, 0.6) is 11.6 Å². The summed E-state index contributed by atoms with van der Waals surface area (Å²) in [4.78, 5) is 7.28. The summed E-state index contributed by atoms with van der Waals surface area (Å²) in [5, 5.41) is 14.9. The Morgan fingerprint density at radius 2 is 1.85 bits per heavy atom. The van der Waals surface area contributed by atoms with Crippen molar-refractivity contribution >= 4 is 11.6 Å². The summed E-state index contributed by atoms with van der Waals surface area (Å²) in [7, 11) is 0. The Balaban J connectivity index is 1.95. The van der Waals surface area contributed by atoms with Crippen LogP contribution in [0.15, 0.2) is 49.1 Å². The van der Waals surface area contributed by atoms with Crippen LogP contribution in [-0.2, 0) is 18.3 Å². The molecule has 1 atom stereocenters. The van der Waals surface area contributed by atoms with E-state index in [9.17, 15) is 18.3 Å². The molecule has 3 rings (SSSR count). The lowest BCUT2D eigenvalue weighted by Gasteiger charge is -2.26. The second-order valence-corrected chi connectivity index (χ2v) is 6.40. The highest BCUT2D eigenvalue weighted by molar-refractivity contribution is 6.30. The molecule has 6 nitrogen and oxygen atoms in total. The van der Waals surface area contributed by atoms with Gasteiger partial charge in [0, 0.05) is 16.7 Å². The van der Waals surface area contributed by atoms with Gasteiger partial charge in [0.1, 0.15) is 24.0 Å². The Hall–Kier alpha value is -2.65. The molecule has 0 spiro atoms. The van der Waals surface area contributed by atoms with E-state index in [4.69, 9.17) is 16.3 Å². The van der Waals surface area contributed by atoms with Crippen LogP contribution in [0, 0.1) is 0 Å². The van der Waals surface area contributed by atoms with Crippen molar-refractivity contribution in [1.29, 1.82) is 0 Å². The number of aliphatic hydroxyl groups is 1. The predicted octanol–water partition coefficient (Wildman–Crippen LogP) is 4.05. The number of nitrogens with zero attached hydrogens (tertiary/aromatic N) is 4. The third-order valence-corrected chi connectivity index (χ3v) is 3.94. The minimum absolute atomic E-state index is 0.227. The minimum atomic E-state index is -4.79.